The summed E-state index contributed by atoms with van der Waals surface area (Å²) < 4.78 is 47.3. The smallest absolute Gasteiger partial charge is 0.362 e. The lowest BCUT2D eigenvalue weighted by molar-refractivity contribution is -0.140. The Morgan fingerprint density at radius 1 is 0.971 bits per heavy atom. The van der Waals surface area contributed by atoms with Gasteiger partial charge in [0.15, 0.2) is 0 Å². The molecule has 3 aromatic carbocycles. The molecule has 0 aliphatic carbocycles. The van der Waals surface area contributed by atoms with Crippen LogP contribution in [0, 0.1) is 0 Å². The number of halogens is 4. The molecule has 4 rings (SSSR count). The van der Waals surface area contributed by atoms with Crippen molar-refractivity contribution in [2.24, 2.45) is 0 Å². The van der Waals surface area contributed by atoms with Gasteiger partial charge in [0, 0.05) is 5.02 Å². The van der Waals surface area contributed by atoms with E-state index in [9.17, 15) is 18.0 Å². The van der Waals surface area contributed by atoms with Gasteiger partial charge < -0.3 is 15.0 Å². The Hall–Kier alpha value is -3.03. The SMILES string of the molecule is CC(NC(=O)N1CC(OC(c2ccc(Cl)cc2)c2ccccc2C(F)(F)F)C1)c1ccccc1. The summed E-state index contributed by atoms with van der Waals surface area (Å²) in [5.41, 5.74) is 0.816. The van der Waals surface area contributed by atoms with Crippen LogP contribution in [0.1, 0.15) is 41.3 Å². The summed E-state index contributed by atoms with van der Waals surface area (Å²) in [6.45, 7) is 2.46. The molecule has 178 valence electrons. The maximum absolute atomic E-state index is 13.7. The summed E-state index contributed by atoms with van der Waals surface area (Å²) in [5, 5.41) is 3.42. The molecule has 0 spiro atoms. The van der Waals surface area contributed by atoms with Crippen LogP contribution in [0.15, 0.2) is 78.9 Å². The Morgan fingerprint density at radius 3 is 2.24 bits per heavy atom. The molecule has 0 aromatic heterocycles. The van der Waals surface area contributed by atoms with E-state index in [1.807, 2.05) is 37.3 Å². The minimum absolute atomic E-state index is 0.0259. The molecule has 4 nitrogen and oxygen atoms in total. The van der Waals surface area contributed by atoms with Gasteiger partial charge >= 0.3 is 12.2 Å². The van der Waals surface area contributed by atoms with E-state index < -0.39 is 23.9 Å². The van der Waals surface area contributed by atoms with Crippen LogP contribution < -0.4 is 5.32 Å². The molecular formula is C26H24ClF3N2O2. The minimum atomic E-state index is -4.52. The predicted octanol–water partition coefficient (Wildman–Crippen LogP) is 6.62. The van der Waals surface area contributed by atoms with Crippen molar-refractivity contribution < 1.29 is 22.7 Å². The van der Waals surface area contributed by atoms with E-state index in [0.29, 0.717) is 10.6 Å². The molecule has 1 fully saturated rings. The largest absolute Gasteiger partial charge is 0.416 e. The fourth-order valence-corrected chi connectivity index (χ4v) is 4.06. The second kappa shape index (κ2) is 10.1. The summed E-state index contributed by atoms with van der Waals surface area (Å²) in [7, 11) is 0. The van der Waals surface area contributed by atoms with Gasteiger partial charge in [-0.25, -0.2) is 4.79 Å². The number of hydrogen-bond donors (Lipinski definition) is 1. The molecule has 1 N–H and O–H groups in total. The van der Waals surface area contributed by atoms with Crippen LogP contribution in [0.4, 0.5) is 18.0 Å². The number of benzene rings is 3. The molecule has 2 unspecified atom stereocenters. The van der Waals surface area contributed by atoms with Gasteiger partial charge in [-0.2, -0.15) is 13.2 Å². The molecule has 2 atom stereocenters. The Labute approximate surface area is 201 Å². The number of nitrogens with zero attached hydrogens (tertiary/aromatic N) is 1. The standard InChI is InChI=1S/C26H24ClF3N2O2/c1-17(18-7-3-2-4-8-18)31-25(33)32-15-21(16-32)34-24(19-11-13-20(27)14-12-19)22-9-5-6-10-23(22)26(28,29)30/h2-14,17,21,24H,15-16H2,1H3,(H,31,33). The summed E-state index contributed by atoms with van der Waals surface area (Å²) in [6, 6.07) is 21.1. The van der Waals surface area contributed by atoms with Crippen LogP contribution in [-0.4, -0.2) is 30.1 Å². The van der Waals surface area contributed by atoms with Crippen LogP contribution in [0.3, 0.4) is 0 Å². The van der Waals surface area contributed by atoms with Gasteiger partial charge in [-0.15, -0.1) is 0 Å². The van der Waals surface area contributed by atoms with Crippen molar-refractivity contribution in [2.75, 3.05) is 13.1 Å². The third-order valence-corrected chi connectivity index (χ3v) is 6.08. The van der Waals surface area contributed by atoms with Gasteiger partial charge in [0.05, 0.1) is 30.8 Å². The highest BCUT2D eigenvalue weighted by atomic mass is 35.5. The number of carbonyl (C=O) groups is 1. The Bertz CT molecular complexity index is 1120. The fourth-order valence-electron chi connectivity index (χ4n) is 3.94. The van der Waals surface area contributed by atoms with Crippen molar-refractivity contribution in [3.05, 3.63) is 106 Å². The monoisotopic (exact) mass is 488 g/mol. The molecule has 3 aromatic rings. The predicted molar refractivity (Wildman–Crippen MR) is 125 cm³/mol. The molecule has 1 heterocycles. The van der Waals surface area contributed by atoms with Crippen LogP contribution in [-0.2, 0) is 10.9 Å². The molecule has 8 heteroatoms. The average Bonchev–Trinajstić information content (AvgIpc) is 2.79. The molecule has 2 amide bonds. The van der Waals surface area contributed by atoms with Gasteiger partial charge in [0.1, 0.15) is 6.10 Å². The minimum Gasteiger partial charge on any atom is -0.362 e. The van der Waals surface area contributed by atoms with Crippen molar-refractivity contribution >= 4 is 17.6 Å². The van der Waals surface area contributed by atoms with Crippen molar-refractivity contribution in [3.63, 3.8) is 0 Å². The van der Waals surface area contributed by atoms with E-state index in [0.717, 1.165) is 11.6 Å². The zero-order valence-corrected chi connectivity index (χ0v) is 19.2. The quantitative estimate of drug-likeness (QED) is 0.423. The second-order valence-electron chi connectivity index (χ2n) is 8.26. The average molecular weight is 489 g/mol. The number of alkyl halides is 3. The van der Waals surface area contributed by atoms with E-state index in [-0.39, 0.29) is 30.7 Å². The topological polar surface area (TPSA) is 41.6 Å². The van der Waals surface area contributed by atoms with Crippen LogP contribution in [0.2, 0.25) is 5.02 Å². The van der Waals surface area contributed by atoms with Crippen LogP contribution >= 0.6 is 11.6 Å². The number of rotatable bonds is 6. The molecular weight excluding hydrogens is 465 g/mol. The third-order valence-electron chi connectivity index (χ3n) is 5.82. The van der Waals surface area contributed by atoms with E-state index in [1.54, 1.807) is 35.2 Å². The number of nitrogens with one attached hydrogen (secondary N) is 1. The van der Waals surface area contributed by atoms with Gasteiger partial charge in [0.2, 0.25) is 0 Å². The molecule has 0 saturated carbocycles. The molecule has 1 saturated heterocycles. The Balaban J connectivity index is 1.47. The van der Waals surface area contributed by atoms with Crippen LogP contribution in [0.25, 0.3) is 0 Å². The van der Waals surface area contributed by atoms with E-state index in [1.165, 1.54) is 12.1 Å². The molecule has 34 heavy (non-hydrogen) atoms. The highest BCUT2D eigenvalue weighted by Crippen LogP contribution is 2.39. The lowest BCUT2D eigenvalue weighted by Gasteiger charge is -2.41. The molecule has 0 radical (unpaired) electrons. The first-order valence-electron chi connectivity index (χ1n) is 10.9. The normalized spacial score (nSPS) is 16.0. The Kier molecular flexibility index (Phi) is 7.14. The summed E-state index contributed by atoms with van der Waals surface area (Å²) in [4.78, 5) is 14.2. The van der Waals surface area contributed by atoms with Crippen molar-refractivity contribution in [3.8, 4) is 0 Å². The summed E-state index contributed by atoms with van der Waals surface area (Å²) in [5.74, 6) is 0. The van der Waals surface area contributed by atoms with Gasteiger partial charge in [-0.3, -0.25) is 0 Å². The number of hydrogen-bond acceptors (Lipinski definition) is 2. The fraction of sp³-hybridized carbons (Fsp3) is 0.269. The number of urea groups is 1. The van der Waals surface area contributed by atoms with E-state index >= 15 is 0 Å². The summed E-state index contributed by atoms with van der Waals surface area (Å²) in [6.07, 6.45) is -5.88. The zero-order chi connectivity index (χ0) is 24.3. The highest BCUT2D eigenvalue weighted by Gasteiger charge is 2.39. The van der Waals surface area contributed by atoms with E-state index in [2.05, 4.69) is 5.32 Å². The number of amides is 2. The van der Waals surface area contributed by atoms with Gasteiger partial charge in [-0.1, -0.05) is 72.3 Å². The highest BCUT2D eigenvalue weighted by molar-refractivity contribution is 6.30. The maximum Gasteiger partial charge on any atom is 0.416 e. The van der Waals surface area contributed by atoms with E-state index in [4.69, 9.17) is 16.3 Å². The molecule has 1 aliphatic rings. The second-order valence-corrected chi connectivity index (χ2v) is 8.70. The first-order valence-corrected chi connectivity index (χ1v) is 11.3. The van der Waals surface area contributed by atoms with Crippen molar-refractivity contribution in [1.29, 1.82) is 0 Å². The van der Waals surface area contributed by atoms with Crippen molar-refractivity contribution in [1.82, 2.24) is 10.2 Å². The van der Waals surface area contributed by atoms with Crippen molar-refractivity contribution in [2.45, 2.75) is 31.3 Å². The lowest BCUT2D eigenvalue weighted by Crippen LogP contribution is -2.58. The summed E-state index contributed by atoms with van der Waals surface area (Å²) >= 11 is 5.98. The zero-order valence-electron chi connectivity index (χ0n) is 18.4. The first-order chi connectivity index (χ1) is 16.2. The van der Waals surface area contributed by atoms with Gasteiger partial charge in [0.25, 0.3) is 0 Å². The maximum atomic E-state index is 13.7. The molecule has 1 aliphatic heterocycles. The first kappa shape index (κ1) is 24.1. The molecule has 0 bridgehead atoms. The number of carbonyl (C=O) groups excluding carboxylic acids is 1. The van der Waals surface area contributed by atoms with Gasteiger partial charge in [-0.05, 0) is 41.8 Å². The lowest BCUT2D eigenvalue weighted by atomic mass is 9.95. The Morgan fingerprint density at radius 2 is 1.59 bits per heavy atom. The number of likely N-dealkylation sites (tertiary alicyclic amines) is 1. The van der Waals surface area contributed by atoms with Crippen LogP contribution in [0.5, 0.6) is 0 Å². The third kappa shape index (κ3) is 5.54. The number of ether oxygens (including phenoxy) is 1.